The maximum atomic E-state index is 13.4. The third-order valence-electron chi connectivity index (χ3n) is 4.33. The maximum absolute atomic E-state index is 13.4. The van der Waals surface area contributed by atoms with Crippen molar-refractivity contribution in [3.63, 3.8) is 0 Å². The van der Waals surface area contributed by atoms with E-state index in [1.807, 2.05) is 0 Å². The lowest BCUT2D eigenvalue weighted by atomic mass is 9.99. The normalized spacial score (nSPS) is 17.0. The summed E-state index contributed by atoms with van der Waals surface area (Å²) in [6.45, 7) is 1.59. The number of nitrogens with zero attached hydrogens (tertiary/aromatic N) is 1. The summed E-state index contributed by atoms with van der Waals surface area (Å²) in [5.41, 5.74) is 0.254. The van der Waals surface area contributed by atoms with Crippen molar-refractivity contribution in [2.45, 2.75) is 17.9 Å². The number of halogens is 1. The van der Waals surface area contributed by atoms with E-state index in [0.29, 0.717) is 5.56 Å². The maximum Gasteiger partial charge on any atom is 0.340 e. The lowest BCUT2D eigenvalue weighted by Crippen LogP contribution is -2.31. The first kappa shape index (κ1) is 20.5. The minimum Gasteiger partial charge on any atom is -0.503 e. The molecule has 0 fully saturated rings. The predicted molar refractivity (Wildman–Crippen MR) is 101 cm³/mol. The van der Waals surface area contributed by atoms with Crippen LogP contribution in [0, 0.1) is 5.82 Å². The molecular weight excluding hydrogens is 403 g/mol. The quantitative estimate of drug-likeness (QED) is 0.712. The van der Waals surface area contributed by atoms with Crippen molar-refractivity contribution in [2.24, 2.45) is 5.14 Å². The Morgan fingerprint density at radius 2 is 1.76 bits per heavy atom. The predicted octanol–water partition coefficient (Wildman–Crippen LogP) is 1.94. The Kier molecular flexibility index (Phi) is 5.40. The molecule has 2 aromatic rings. The molecule has 0 radical (unpaired) electrons. The van der Waals surface area contributed by atoms with Crippen molar-refractivity contribution >= 4 is 27.6 Å². The summed E-state index contributed by atoms with van der Waals surface area (Å²) < 4.78 is 41.3. The Labute approximate surface area is 166 Å². The number of benzene rings is 2. The van der Waals surface area contributed by atoms with Crippen LogP contribution in [0.1, 0.15) is 18.5 Å². The summed E-state index contributed by atoms with van der Waals surface area (Å²) in [5.74, 6) is -3.09. The highest BCUT2D eigenvalue weighted by Gasteiger charge is 2.45. The molecule has 0 bridgehead atoms. The molecule has 1 aliphatic rings. The number of carbonyl (C=O) groups is 2. The Morgan fingerprint density at radius 3 is 2.28 bits per heavy atom. The van der Waals surface area contributed by atoms with Crippen LogP contribution in [0.5, 0.6) is 0 Å². The molecule has 8 nitrogen and oxygen atoms in total. The van der Waals surface area contributed by atoms with Crippen LogP contribution in [0.3, 0.4) is 0 Å². The smallest absolute Gasteiger partial charge is 0.340 e. The van der Waals surface area contributed by atoms with E-state index in [2.05, 4.69) is 0 Å². The van der Waals surface area contributed by atoms with Crippen LogP contribution in [-0.2, 0) is 24.3 Å². The van der Waals surface area contributed by atoms with E-state index >= 15 is 0 Å². The third kappa shape index (κ3) is 3.84. The highest BCUT2D eigenvalue weighted by molar-refractivity contribution is 7.89. The van der Waals surface area contributed by atoms with Crippen molar-refractivity contribution in [3.8, 4) is 0 Å². The number of aliphatic hydroxyl groups excluding tert-OH is 1. The number of nitrogens with two attached hydrogens (primary N) is 1. The molecule has 10 heteroatoms. The molecule has 0 aromatic heterocycles. The van der Waals surface area contributed by atoms with Crippen LogP contribution in [0.2, 0.25) is 0 Å². The highest BCUT2D eigenvalue weighted by atomic mass is 32.2. The topological polar surface area (TPSA) is 127 Å². The van der Waals surface area contributed by atoms with Gasteiger partial charge in [0.2, 0.25) is 10.0 Å². The molecule has 1 aliphatic heterocycles. The van der Waals surface area contributed by atoms with Gasteiger partial charge in [-0.2, -0.15) is 0 Å². The molecule has 0 aliphatic carbocycles. The summed E-state index contributed by atoms with van der Waals surface area (Å²) in [7, 11) is -3.95. The van der Waals surface area contributed by atoms with Crippen molar-refractivity contribution in [1.82, 2.24) is 0 Å². The van der Waals surface area contributed by atoms with Crippen LogP contribution in [0.25, 0.3) is 0 Å². The van der Waals surface area contributed by atoms with Gasteiger partial charge in [-0.3, -0.25) is 9.69 Å². The fourth-order valence-electron chi connectivity index (χ4n) is 3.05. The van der Waals surface area contributed by atoms with Gasteiger partial charge in [-0.15, -0.1) is 0 Å². The minimum atomic E-state index is -3.95. The molecular formula is C19H17FN2O6S. The molecule has 1 amide bonds. The minimum absolute atomic E-state index is 0.0169. The van der Waals surface area contributed by atoms with Crippen molar-refractivity contribution < 1.29 is 32.2 Å². The van der Waals surface area contributed by atoms with Gasteiger partial charge in [0, 0.05) is 5.69 Å². The second-order valence-corrected chi connectivity index (χ2v) is 7.71. The van der Waals surface area contributed by atoms with Crippen LogP contribution in [-0.4, -0.2) is 32.0 Å². The van der Waals surface area contributed by atoms with E-state index in [-0.39, 0.29) is 22.8 Å². The summed E-state index contributed by atoms with van der Waals surface area (Å²) in [6.07, 6.45) is 0. The van der Waals surface area contributed by atoms with Gasteiger partial charge in [0.1, 0.15) is 11.4 Å². The number of esters is 1. The zero-order valence-corrected chi connectivity index (χ0v) is 16.0. The number of hydrogen-bond acceptors (Lipinski definition) is 6. The molecule has 3 N–H and O–H groups in total. The van der Waals surface area contributed by atoms with E-state index in [1.165, 1.54) is 36.4 Å². The summed E-state index contributed by atoms with van der Waals surface area (Å²) >= 11 is 0. The average Bonchev–Trinajstić information content (AvgIpc) is 2.93. The number of amides is 1. The number of aliphatic hydroxyl groups is 1. The van der Waals surface area contributed by atoms with Crippen LogP contribution in [0.15, 0.2) is 64.8 Å². The van der Waals surface area contributed by atoms with Crippen LogP contribution >= 0.6 is 0 Å². The standard InChI is InChI=1S/C19H17FN2O6S/c1-2-28-19(25)15-16(11-3-5-12(20)6-4-11)22(18(24)17(15)23)13-7-9-14(10-8-13)29(21,26)27/h3-10,16,23H,2H2,1H3,(H2,21,26,27). The Bertz CT molecular complexity index is 1090. The Morgan fingerprint density at radius 1 is 1.17 bits per heavy atom. The second kappa shape index (κ2) is 7.64. The van der Waals surface area contributed by atoms with Crippen molar-refractivity contribution in [2.75, 3.05) is 11.5 Å². The first-order chi connectivity index (χ1) is 13.6. The monoisotopic (exact) mass is 420 g/mol. The molecule has 3 rings (SSSR count). The highest BCUT2D eigenvalue weighted by Crippen LogP contribution is 2.41. The molecule has 152 valence electrons. The van der Waals surface area contributed by atoms with E-state index in [9.17, 15) is 27.5 Å². The van der Waals surface area contributed by atoms with Crippen molar-refractivity contribution in [3.05, 3.63) is 71.2 Å². The zero-order valence-electron chi connectivity index (χ0n) is 15.2. The molecule has 0 saturated carbocycles. The summed E-state index contributed by atoms with van der Waals surface area (Å²) in [6, 6.07) is 8.97. The second-order valence-electron chi connectivity index (χ2n) is 6.15. The first-order valence-corrected chi connectivity index (χ1v) is 10.0. The van der Waals surface area contributed by atoms with Gasteiger partial charge in [-0.05, 0) is 48.9 Å². The fourth-order valence-corrected chi connectivity index (χ4v) is 3.56. The van der Waals surface area contributed by atoms with Gasteiger partial charge in [-0.25, -0.2) is 22.7 Å². The van der Waals surface area contributed by atoms with E-state index in [1.54, 1.807) is 6.92 Å². The lowest BCUT2D eigenvalue weighted by Gasteiger charge is -2.26. The van der Waals surface area contributed by atoms with E-state index in [4.69, 9.17) is 9.88 Å². The Balaban J connectivity index is 2.13. The molecule has 1 unspecified atom stereocenters. The number of anilines is 1. The number of hydrogen-bond donors (Lipinski definition) is 2. The first-order valence-electron chi connectivity index (χ1n) is 8.47. The van der Waals surface area contributed by atoms with Gasteiger partial charge >= 0.3 is 5.97 Å². The number of ether oxygens (including phenoxy) is 1. The van der Waals surface area contributed by atoms with Gasteiger partial charge in [-0.1, -0.05) is 12.1 Å². The molecule has 0 spiro atoms. The van der Waals surface area contributed by atoms with E-state index < -0.39 is 39.5 Å². The van der Waals surface area contributed by atoms with Gasteiger partial charge < -0.3 is 9.84 Å². The number of carbonyl (C=O) groups excluding carboxylic acids is 2. The number of sulfonamides is 1. The molecule has 0 saturated heterocycles. The van der Waals surface area contributed by atoms with Gasteiger partial charge in [0.25, 0.3) is 5.91 Å². The molecule has 1 atom stereocenters. The third-order valence-corrected chi connectivity index (χ3v) is 5.26. The van der Waals surface area contributed by atoms with E-state index in [0.717, 1.165) is 17.0 Å². The van der Waals surface area contributed by atoms with Crippen molar-refractivity contribution in [1.29, 1.82) is 0 Å². The molecule has 2 aromatic carbocycles. The number of rotatable bonds is 5. The number of primary sulfonamides is 1. The molecule has 1 heterocycles. The SMILES string of the molecule is CCOC(=O)C1=C(O)C(=O)N(c2ccc(S(N)(=O)=O)cc2)C1c1ccc(F)cc1. The van der Waals surface area contributed by atoms with Gasteiger partial charge in [0.05, 0.1) is 17.5 Å². The largest absolute Gasteiger partial charge is 0.503 e. The average molecular weight is 420 g/mol. The lowest BCUT2D eigenvalue weighted by molar-refractivity contribution is -0.139. The Hall–Kier alpha value is -3.24. The van der Waals surface area contributed by atoms with Gasteiger partial charge in [0.15, 0.2) is 5.76 Å². The summed E-state index contributed by atoms with van der Waals surface area (Å²) in [4.78, 5) is 26.1. The fraction of sp³-hybridized carbons (Fsp3) is 0.158. The van der Waals surface area contributed by atoms with Crippen LogP contribution < -0.4 is 10.0 Å². The molecule has 29 heavy (non-hydrogen) atoms. The van der Waals surface area contributed by atoms with Crippen LogP contribution in [0.4, 0.5) is 10.1 Å². The summed E-state index contributed by atoms with van der Waals surface area (Å²) in [5, 5.41) is 15.4. The zero-order chi connectivity index (χ0) is 21.3.